The van der Waals surface area contributed by atoms with Gasteiger partial charge in [0.1, 0.15) is 5.75 Å². The topological polar surface area (TPSA) is 52.3 Å². The Morgan fingerprint density at radius 2 is 1.80 bits per heavy atom. The Morgan fingerprint density at radius 1 is 1.10 bits per heavy atom. The lowest BCUT2D eigenvalue weighted by Crippen LogP contribution is -2.13. The molecular formula is C17H19NO2. The van der Waals surface area contributed by atoms with Gasteiger partial charge in [-0.1, -0.05) is 36.4 Å². The standard InChI is InChI=1S/C17H19NO2/c1-12(2)20-16-5-3-4-15(11-16)14-8-6-13(7-9-14)10-17(18)19/h3-9,11-12H,10H2,1-2H3,(H2,18,19). The molecule has 0 saturated heterocycles. The van der Waals surface area contributed by atoms with Gasteiger partial charge in [0.15, 0.2) is 0 Å². The van der Waals surface area contributed by atoms with Gasteiger partial charge < -0.3 is 10.5 Å². The number of nitrogens with two attached hydrogens (primary N) is 1. The summed E-state index contributed by atoms with van der Waals surface area (Å²) in [6.45, 7) is 4.01. The molecule has 0 aromatic heterocycles. The summed E-state index contributed by atoms with van der Waals surface area (Å²) in [7, 11) is 0. The summed E-state index contributed by atoms with van der Waals surface area (Å²) >= 11 is 0. The van der Waals surface area contributed by atoms with Gasteiger partial charge in [0.05, 0.1) is 12.5 Å². The van der Waals surface area contributed by atoms with E-state index in [0.29, 0.717) is 0 Å². The van der Waals surface area contributed by atoms with Crippen molar-refractivity contribution in [2.24, 2.45) is 5.73 Å². The van der Waals surface area contributed by atoms with Gasteiger partial charge in [0.2, 0.25) is 5.91 Å². The Kier molecular flexibility index (Phi) is 4.41. The van der Waals surface area contributed by atoms with Crippen LogP contribution in [-0.2, 0) is 11.2 Å². The van der Waals surface area contributed by atoms with E-state index >= 15 is 0 Å². The van der Waals surface area contributed by atoms with Crippen LogP contribution in [0.5, 0.6) is 5.75 Å². The van der Waals surface area contributed by atoms with E-state index in [1.165, 1.54) is 0 Å². The predicted molar refractivity (Wildman–Crippen MR) is 80.5 cm³/mol. The Hall–Kier alpha value is -2.29. The lowest BCUT2D eigenvalue weighted by atomic mass is 10.0. The lowest BCUT2D eigenvalue weighted by Gasteiger charge is -2.11. The Labute approximate surface area is 119 Å². The second kappa shape index (κ2) is 6.24. The van der Waals surface area contributed by atoms with E-state index < -0.39 is 0 Å². The molecule has 1 amide bonds. The first-order valence-electron chi connectivity index (χ1n) is 6.69. The number of rotatable bonds is 5. The molecule has 2 rings (SSSR count). The molecule has 3 nitrogen and oxygen atoms in total. The maximum atomic E-state index is 10.9. The summed E-state index contributed by atoms with van der Waals surface area (Å²) in [4.78, 5) is 10.9. The third-order valence-electron chi connectivity index (χ3n) is 2.87. The Morgan fingerprint density at radius 3 is 2.40 bits per heavy atom. The molecule has 2 aromatic rings. The number of carbonyl (C=O) groups excluding carboxylic acids is 1. The summed E-state index contributed by atoms with van der Waals surface area (Å²) < 4.78 is 5.69. The van der Waals surface area contributed by atoms with Crippen molar-refractivity contribution < 1.29 is 9.53 Å². The molecule has 0 heterocycles. The molecule has 0 fully saturated rings. The molecule has 0 saturated carbocycles. The first-order valence-corrected chi connectivity index (χ1v) is 6.69. The number of primary amides is 1. The van der Waals surface area contributed by atoms with Crippen LogP contribution in [0.4, 0.5) is 0 Å². The molecule has 2 N–H and O–H groups in total. The zero-order valence-electron chi connectivity index (χ0n) is 11.8. The highest BCUT2D eigenvalue weighted by Gasteiger charge is 2.03. The Bertz CT molecular complexity index is 588. The summed E-state index contributed by atoms with van der Waals surface area (Å²) in [6.07, 6.45) is 0.430. The van der Waals surface area contributed by atoms with Crippen LogP contribution in [0.25, 0.3) is 11.1 Å². The maximum Gasteiger partial charge on any atom is 0.221 e. The SMILES string of the molecule is CC(C)Oc1cccc(-c2ccc(CC(N)=O)cc2)c1. The van der Waals surface area contributed by atoms with E-state index in [1.54, 1.807) is 0 Å². The van der Waals surface area contributed by atoms with Crippen LogP contribution in [-0.4, -0.2) is 12.0 Å². The van der Waals surface area contributed by atoms with Crippen LogP contribution >= 0.6 is 0 Å². The maximum absolute atomic E-state index is 10.9. The van der Waals surface area contributed by atoms with Crippen molar-refractivity contribution in [3.05, 3.63) is 54.1 Å². The van der Waals surface area contributed by atoms with Gasteiger partial charge >= 0.3 is 0 Å². The Balaban J connectivity index is 2.20. The number of carbonyl (C=O) groups is 1. The molecule has 104 valence electrons. The third-order valence-corrected chi connectivity index (χ3v) is 2.87. The van der Waals surface area contributed by atoms with E-state index in [2.05, 4.69) is 0 Å². The summed E-state index contributed by atoms with van der Waals surface area (Å²) in [5, 5.41) is 0. The summed E-state index contributed by atoms with van der Waals surface area (Å²) in [5.41, 5.74) is 8.29. The largest absolute Gasteiger partial charge is 0.491 e. The number of benzene rings is 2. The summed E-state index contributed by atoms with van der Waals surface area (Å²) in [6, 6.07) is 15.8. The van der Waals surface area contributed by atoms with Crippen molar-refractivity contribution in [1.29, 1.82) is 0 Å². The second-order valence-corrected chi connectivity index (χ2v) is 5.03. The highest BCUT2D eigenvalue weighted by Crippen LogP contribution is 2.24. The fourth-order valence-corrected chi connectivity index (χ4v) is 2.04. The third kappa shape index (κ3) is 3.85. The first kappa shape index (κ1) is 14.1. The molecule has 0 radical (unpaired) electrons. The van der Waals surface area contributed by atoms with Crippen LogP contribution in [0.15, 0.2) is 48.5 Å². The van der Waals surface area contributed by atoms with Gasteiger partial charge in [0.25, 0.3) is 0 Å². The van der Waals surface area contributed by atoms with Crippen molar-refractivity contribution in [3.8, 4) is 16.9 Å². The van der Waals surface area contributed by atoms with Gasteiger partial charge in [-0.2, -0.15) is 0 Å². The second-order valence-electron chi connectivity index (χ2n) is 5.03. The smallest absolute Gasteiger partial charge is 0.221 e. The van der Waals surface area contributed by atoms with Crippen molar-refractivity contribution in [2.45, 2.75) is 26.4 Å². The average Bonchev–Trinajstić information content (AvgIpc) is 2.38. The van der Waals surface area contributed by atoms with Gasteiger partial charge in [-0.15, -0.1) is 0 Å². The van der Waals surface area contributed by atoms with E-state index in [9.17, 15) is 4.79 Å². The number of ether oxygens (including phenoxy) is 1. The van der Waals surface area contributed by atoms with E-state index in [1.807, 2.05) is 62.4 Å². The fraction of sp³-hybridized carbons (Fsp3) is 0.235. The van der Waals surface area contributed by atoms with Gasteiger partial charge in [-0.25, -0.2) is 0 Å². The quantitative estimate of drug-likeness (QED) is 0.906. The minimum atomic E-state index is -0.315. The molecular weight excluding hydrogens is 250 g/mol. The number of hydrogen-bond acceptors (Lipinski definition) is 2. The van der Waals surface area contributed by atoms with E-state index in [-0.39, 0.29) is 18.4 Å². The van der Waals surface area contributed by atoms with Crippen molar-refractivity contribution in [3.63, 3.8) is 0 Å². The molecule has 3 heteroatoms. The van der Waals surface area contributed by atoms with E-state index in [4.69, 9.17) is 10.5 Å². The van der Waals surface area contributed by atoms with Crippen LogP contribution < -0.4 is 10.5 Å². The zero-order chi connectivity index (χ0) is 14.5. The molecule has 2 aromatic carbocycles. The highest BCUT2D eigenvalue weighted by atomic mass is 16.5. The van der Waals surface area contributed by atoms with E-state index in [0.717, 1.165) is 22.4 Å². The molecule has 0 unspecified atom stereocenters. The highest BCUT2D eigenvalue weighted by molar-refractivity contribution is 5.77. The lowest BCUT2D eigenvalue weighted by molar-refractivity contribution is -0.117. The van der Waals surface area contributed by atoms with Crippen LogP contribution in [0.1, 0.15) is 19.4 Å². The fourth-order valence-electron chi connectivity index (χ4n) is 2.04. The molecule has 0 aliphatic heterocycles. The number of hydrogen-bond donors (Lipinski definition) is 1. The molecule has 0 aliphatic carbocycles. The van der Waals surface area contributed by atoms with Crippen molar-refractivity contribution in [1.82, 2.24) is 0 Å². The molecule has 0 bridgehead atoms. The van der Waals surface area contributed by atoms with Crippen LogP contribution in [0, 0.1) is 0 Å². The van der Waals surface area contributed by atoms with Gasteiger partial charge in [0, 0.05) is 0 Å². The normalized spacial score (nSPS) is 10.6. The predicted octanol–water partition coefficient (Wildman–Crippen LogP) is 3.17. The van der Waals surface area contributed by atoms with Crippen molar-refractivity contribution >= 4 is 5.91 Å². The van der Waals surface area contributed by atoms with Gasteiger partial charge in [-0.05, 0) is 42.7 Å². The molecule has 0 atom stereocenters. The first-order chi connectivity index (χ1) is 9.54. The van der Waals surface area contributed by atoms with Gasteiger partial charge in [-0.3, -0.25) is 4.79 Å². The van der Waals surface area contributed by atoms with Crippen LogP contribution in [0.2, 0.25) is 0 Å². The molecule has 0 aliphatic rings. The minimum Gasteiger partial charge on any atom is -0.491 e. The molecule has 20 heavy (non-hydrogen) atoms. The minimum absolute atomic E-state index is 0.156. The molecule has 0 spiro atoms. The van der Waals surface area contributed by atoms with Crippen LogP contribution in [0.3, 0.4) is 0 Å². The number of amides is 1. The average molecular weight is 269 g/mol. The monoisotopic (exact) mass is 269 g/mol. The van der Waals surface area contributed by atoms with Crippen molar-refractivity contribution in [2.75, 3.05) is 0 Å². The summed E-state index contributed by atoms with van der Waals surface area (Å²) in [5.74, 6) is 0.545. The zero-order valence-corrected chi connectivity index (χ0v) is 11.8.